The number of hydrogen-bond donors (Lipinski definition) is 2. The van der Waals surface area contributed by atoms with E-state index in [1.165, 1.54) is 25.3 Å². The Morgan fingerprint density at radius 1 is 1.24 bits per heavy atom. The van der Waals surface area contributed by atoms with Gasteiger partial charge in [-0.05, 0) is 58.8 Å². The lowest BCUT2D eigenvalue weighted by Crippen LogP contribution is -2.31. The van der Waals surface area contributed by atoms with Gasteiger partial charge in [-0.25, -0.2) is 13.1 Å². The molecule has 21 heavy (non-hydrogen) atoms. The summed E-state index contributed by atoms with van der Waals surface area (Å²) in [5.74, 6) is 1.27. The van der Waals surface area contributed by atoms with E-state index in [0.29, 0.717) is 22.6 Å². The third kappa shape index (κ3) is 4.44. The maximum absolute atomic E-state index is 12.4. The number of nitrogens with two attached hydrogens (primary N) is 1. The third-order valence-electron chi connectivity index (χ3n) is 4.35. The van der Waals surface area contributed by atoms with Crippen molar-refractivity contribution < 1.29 is 8.42 Å². The highest BCUT2D eigenvalue weighted by Crippen LogP contribution is 2.30. The van der Waals surface area contributed by atoms with Gasteiger partial charge in [0, 0.05) is 16.7 Å². The molecule has 0 radical (unpaired) electrons. The topological polar surface area (TPSA) is 72.2 Å². The number of sulfonamides is 1. The molecule has 1 aliphatic carbocycles. The normalized spacial score (nSPS) is 23.1. The van der Waals surface area contributed by atoms with E-state index in [4.69, 9.17) is 5.73 Å². The Bertz CT molecular complexity index is 581. The molecule has 4 nitrogen and oxygen atoms in total. The van der Waals surface area contributed by atoms with Crippen molar-refractivity contribution in [2.75, 3.05) is 12.3 Å². The summed E-state index contributed by atoms with van der Waals surface area (Å²) in [4.78, 5) is 0.213. The molecule has 118 valence electrons. The van der Waals surface area contributed by atoms with E-state index in [1.807, 2.05) is 0 Å². The second kappa shape index (κ2) is 7.11. The largest absolute Gasteiger partial charge is 0.399 e. The Balaban J connectivity index is 1.97. The zero-order valence-corrected chi connectivity index (χ0v) is 14.7. The molecule has 0 amide bonds. The van der Waals surface area contributed by atoms with Gasteiger partial charge in [0.15, 0.2) is 0 Å². The van der Waals surface area contributed by atoms with Crippen molar-refractivity contribution >= 4 is 31.6 Å². The van der Waals surface area contributed by atoms with Crippen molar-refractivity contribution in [2.45, 2.75) is 43.9 Å². The summed E-state index contributed by atoms with van der Waals surface area (Å²) in [5, 5.41) is 0. The summed E-state index contributed by atoms with van der Waals surface area (Å²) in [6.07, 6.45) is 5.88. The zero-order valence-electron chi connectivity index (χ0n) is 12.3. The van der Waals surface area contributed by atoms with E-state index in [-0.39, 0.29) is 4.90 Å². The molecule has 0 aromatic heterocycles. The van der Waals surface area contributed by atoms with Crippen LogP contribution in [0.1, 0.15) is 39.0 Å². The fraction of sp³-hybridized carbons (Fsp3) is 0.600. The number of rotatable bonds is 5. The summed E-state index contributed by atoms with van der Waals surface area (Å²) < 4.78 is 28.0. The smallest absolute Gasteiger partial charge is 0.241 e. The van der Waals surface area contributed by atoms with Crippen LogP contribution in [0.5, 0.6) is 0 Å². The molecule has 1 aromatic carbocycles. The number of halogens is 1. The number of benzene rings is 1. The molecular formula is C15H23BrN2O2S. The van der Waals surface area contributed by atoms with Crippen LogP contribution in [-0.2, 0) is 10.0 Å². The van der Waals surface area contributed by atoms with Gasteiger partial charge in [-0.15, -0.1) is 0 Å². The van der Waals surface area contributed by atoms with Crippen LogP contribution in [0.25, 0.3) is 0 Å². The minimum Gasteiger partial charge on any atom is -0.399 e. The van der Waals surface area contributed by atoms with Crippen LogP contribution in [0.15, 0.2) is 27.6 Å². The lowest BCUT2D eigenvalue weighted by Gasteiger charge is -2.27. The number of nitrogens with one attached hydrogen (secondary N) is 1. The van der Waals surface area contributed by atoms with Crippen molar-refractivity contribution in [1.82, 2.24) is 4.72 Å². The van der Waals surface area contributed by atoms with Gasteiger partial charge in [0.05, 0.1) is 4.90 Å². The molecule has 1 saturated carbocycles. The first-order chi connectivity index (χ1) is 9.92. The summed E-state index contributed by atoms with van der Waals surface area (Å²) in [7, 11) is -3.51. The Morgan fingerprint density at radius 3 is 2.48 bits per heavy atom. The molecule has 0 heterocycles. The highest BCUT2D eigenvalue weighted by Gasteiger charge is 2.23. The molecular weight excluding hydrogens is 352 g/mol. The van der Waals surface area contributed by atoms with Gasteiger partial charge in [0.1, 0.15) is 0 Å². The van der Waals surface area contributed by atoms with Crippen LogP contribution >= 0.6 is 15.9 Å². The number of hydrogen-bond acceptors (Lipinski definition) is 3. The minimum absolute atomic E-state index is 0.213. The predicted molar refractivity (Wildman–Crippen MR) is 89.5 cm³/mol. The standard InChI is InChI=1S/C15H23BrN2O2S/c1-2-11-3-5-12(6-4-11)10-18-21(19,20)15-9-13(17)7-8-14(15)16/h7-9,11-12,18H,2-6,10,17H2,1H3. The highest BCUT2D eigenvalue weighted by molar-refractivity contribution is 9.10. The van der Waals surface area contributed by atoms with Crippen molar-refractivity contribution in [3.05, 3.63) is 22.7 Å². The second-order valence-electron chi connectivity index (χ2n) is 5.84. The molecule has 6 heteroatoms. The fourth-order valence-corrected chi connectivity index (χ4v) is 4.99. The van der Waals surface area contributed by atoms with Gasteiger partial charge in [-0.3, -0.25) is 0 Å². The third-order valence-corrected chi connectivity index (χ3v) is 6.77. The summed E-state index contributed by atoms with van der Waals surface area (Å²) >= 11 is 3.27. The molecule has 0 atom stereocenters. The molecule has 0 spiro atoms. The predicted octanol–water partition coefficient (Wildman–Crippen LogP) is 3.53. The molecule has 0 bridgehead atoms. The average molecular weight is 375 g/mol. The summed E-state index contributed by atoms with van der Waals surface area (Å²) in [6, 6.07) is 4.83. The van der Waals surface area contributed by atoms with Gasteiger partial charge in [-0.1, -0.05) is 26.2 Å². The first-order valence-electron chi connectivity index (χ1n) is 7.47. The maximum Gasteiger partial charge on any atom is 0.241 e. The van der Waals surface area contributed by atoms with Gasteiger partial charge >= 0.3 is 0 Å². The van der Waals surface area contributed by atoms with Crippen LogP contribution in [0.2, 0.25) is 0 Å². The molecule has 3 N–H and O–H groups in total. The molecule has 0 saturated heterocycles. The van der Waals surface area contributed by atoms with E-state index < -0.39 is 10.0 Å². The number of anilines is 1. The van der Waals surface area contributed by atoms with Crippen LogP contribution in [-0.4, -0.2) is 15.0 Å². The molecule has 1 aromatic rings. The van der Waals surface area contributed by atoms with Gasteiger partial charge in [0.25, 0.3) is 0 Å². The van der Waals surface area contributed by atoms with E-state index in [1.54, 1.807) is 12.1 Å². The fourth-order valence-electron chi connectivity index (χ4n) is 2.88. The van der Waals surface area contributed by atoms with Gasteiger partial charge < -0.3 is 5.73 Å². The van der Waals surface area contributed by atoms with Crippen LogP contribution in [0.4, 0.5) is 5.69 Å². The Hall–Kier alpha value is -0.590. The number of nitrogen functional groups attached to an aromatic ring is 1. The van der Waals surface area contributed by atoms with Crippen LogP contribution < -0.4 is 10.5 Å². The lowest BCUT2D eigenvalue weighted by molar-refractivity contribution is 0.270. The summed E-state index contributed by atoms with van der Waals surface area (Å²) in [6.45, 7) is 2.74. The van der Waals surface area contributed by atoms with Crippen LogP contribution in [0, 0.1) is 11.8 Å². The monoisotopic (exact) mass is 374 g/mol. The summed E-state index contributed by atoms with van der Waals surface area (Å²) in [5.41, 5.74) is 6.13. The van der Waals surface area contributed by atoms with Crippen molar-refractivity contribution in [1.29, 1.82) is 0 Å². The second-order valence-corrected chi connectivity index (χ2v) is 8.43. The Morgan fingerprint density at radius 2 is 1.86 bits per heavy atom. The Labute approximate surface area is 135 Å². The maximum atomic E-state index is 12.4. The molecule has 0 unspecified atom stereocenters. The van der Waals surface area contributed by atoms with Crippen LogP contribution in [0.3, 0.4) is 0 Å². The van der Waals surface area contributed by atoms with E-state index in [0.717, 1.165) is 18.8 Å². The quantitative estimate of drug-likeness (QED) is 0.774. The van der Waals surface area contributed by atoms with Gasteiger partial charge in [-0.2, -0.15) is 0 Å². The molecule has 1 fully saturated rings. The minimum atomic E-state index is -3.51. The molecule has 1 aliphatic rings. The molecule has 0 aliphatic heterocycles. The van der Waals surface area contributed by atoms with Gasteiger partial charge in [0.2, 0.25) is 10.0 Å². The van der Waals surface area contributed by atoms with E-state index in [9.17, 15) is 8.42 Å². The first kappa shape index (κ1) is 16.8. The van der Waals surface area contributed by atoms with E-state index >= 15 is 0 Å². The molecule has 2 rings (SSSR count). The highest BCUT2D eigenvalue weighted by atomic mass is 79.9. The lowest BCUT2D eigenvalue weighted by atomic mass is 9.81. The van der Waals surface area contributed by atoms with Crippen molar-refractivity contribution in [2.24, 2.45) is 11.8 Å². The van der Waals surface area contributed by atoms with Crippen molar-refractivity contribution in [3.8, 4) is 0 Å². The van der Waals surface area contributed by atoms with E-state index in [2.05, 4.69) is 27.6 Å². The average Bonchev–Trinajstić information content (AvgIpc) is 2.48. The van der Waals surface area contributed by atoms with Crippen molar-refractivity contribution in [3.63, 3.8) is 0 Å². The zero-order chi connectivity index (χ0) is 15.5. The Kier molecular flexibility index (Phi) is 5.68. The first-order valence-corrected chi connectivity index (χ1v) is 9.74. The SMILES string of the molecule is CCC1CCC(CNS(=O)(=O)c2cc(N)ccc2Br)CC1.